The molecule has 0 fully saturated rings. The van der Waals surface area contributed by atoms with Crippen molar-refractivity contribution in [1.82, 2.24) is 5.32 Å². The monoisotopic (exact) mass is 262 g/mol. The van der Waals surface area contributed by atoms with Gasteiger partial charge in [-0.3, -0.25) is 5.32 Å². The lowest BCUT2D eigenvalue weighted by molar-refractivity contribution is 0.263. The van der Waals surface area contributed by atoms with E-state index in [2.05, 4.69) is 18.3 Å². The molecule has 0 aromatic heterocycles. The molecule has 0 saturated heterocycles. The Labute approximate surface area is 115 Å². The van der Waals surface area contributed by atoms with Crippen molar-refractivity contribution in [2.24, 2.45) is 0 Å². The maximum absolute atomic E-state index is 9.19. The van der Waals surface area contributed by atoms with Gasteiger partial charge < -0.3 is 9.84 Å². The summed E-state index contributed by atoms with van der Waals surface area (Å²) in [6.07, 6.45) is 1.61. The van der Waals surface area contributed by atoms with Crippen LogP contribution in [0.5, 0.6) is 5.75 Å². The second-order valence-electron chi connectivity index (χ2n) is 4.77. The Hall–Kier alpha value is -1.57. The number of nitriles is 1. The molecular formula is C15H22N2O2. The molecule has 4 heteroatoms. The highest BCUT2D eigenvalue weighted by molar-refractivity contribution is 5.28. The normalized spacial score (nSPS) is 13.6. The summed E-state index contributed by atoms with van der Waals surface area (Å²) in [5, 5.41) is 21.5. The third-order valence-electron chi connectivity index (χ3n) is 2.96. The maximum atomic E-state index is 9.19. The standard InChI is InChI=1S/C15H22N2O2/c1-3-8-17-15(2,12-16)7-9-19-14-6-4-5-13(10-14)11-18/h4-6,10,17-18H,3,7-9,11H2,1-2H3. The van der Waals surface area contributed by atoms with Crippen LogP contribution in [0.1, 0.15) is 32.3 Å². The molecule has 0 amide bonds. The fourth-order valence-corrected chi connectivity index (χ4v) is 1.69. The zero-order valence-corrected chi connectivity index (χ0v) is 11.6. The molecule has 0 aliphatic carbocycles. The van der Waals surface area contributed by atoms with E-state index in [-0.39, 0.29) is 6.61 Å². The fourth-order valence-electron chi connectivity index (χ4n) is 1.69. The Morgan fingerprint density at radius 1 is 1.47 bits per heavy atom. The van der Waals surface area contributed by atoms with Crippen LogP contribution in [0, 0.1) is 11.3 Å². The van der Waals surface area contributed by atoms with Crippen LogP contribution >= 0.6 is 0 Å². The predicted molar refractivity (Wildman–Crippen MR) is 74.8 cm³/mol. The van der Waals surface area contributed by atoms with Crippen LogP contribution < -0.4 is 10.1 Å². The van der Waals surface area contributed by atoms with E-state index >= 15 is 0 Å². The van der Waals surface area contributed by atoms with Crippen molar-refractivity contribution in [3.63, 3.8) is 0 Å². The number of ether oxygens (including phenoxy) is 1. The van der Waals surface area contributed by atoms with Gasteiger partial charge in [-0.05, 0) is 37.6 Å². The number of benzene rings is 1. The van der Waals surface area contributed by atoms with Gasteiger partial charge in [0.15, 0.2) is 0 Å². The van der Waals surface area contributed by atoms with Crippen molar-refractivity contribution >= 4 is 0 Å². The molecule has 1 unspecified atom stereocenters. The van der Waals surface area contributed by atoms with Gasteiger partial charge in [0.25, 0.3) is 0 Å². The highest BCUT2D eigenvalue weighted by Gasteiger charge is 2.22. The lowest BCUT2D eigenvalue weighted by atomic mass is 10.0. The lowest BCUT2D eigenvalue weighted by Crippen LogP contribution is -2.42. The van der Waals surface area contributed by atoms with E-state index in [1.807, 2.05) is 31.2 Å². The third kappa shape index (κ3) is 5.29. The highest BCUT2D eigenvalue weighted by atomic mass is 16.5. The second-order valence-corrected chi connectivity index (χ2v) is 4.77. The molecular weight excluding hydrogens is 240 g/mol. The van der Waals surface area contributed by atoms with Gasteiger partial charge in [0.1, 0.15) is 11.3 Å². The highest BCUT2D eigenvalue weighted by Crippen LogP contribution is 2.15. The van der Waals surface area contributed by atoms with Crippen molar-refractivity contribution in [2.45, 2.75) is 38.8 Å². The van der Waals surface area contributed by atoms with Crippen molar-refractivity contribution in [3.8, 4) is 11.8 Å². The van der Waals surface area contributed by atoms with Crippen molar-refractivity contribution in [1.29, 1.82) is 5.26 Å². The molecule has 0 bridgehead atoms. The first kappa shape index (κ1) is 15.5. The third-order valence-corrected chi connectivity index (χ3v) is 2.96. The van der Waals surface area contributed by atoms with Gasteiger partial charge in [-0.2, -0.15) is 5.26 Å². The molecule has 19 heavy (non-hydrogen) atoms. The van der Waals surface area contributed by atoms with Gasteiger partial charge in [0.2, 0.25) is 0 Å². The number of hydrogen-bond acceptors (Lipinski definition) is 4. The topological polar surface area (TPSA) is 65.3 Å². The van der Waals surface area contributed by atoms with Crippen LogP contribution in [0.15, 0.2) is 24.3 Å². The minimum Gasteiger partial charge on any atom is -0.493 e. The molecule has 104 valence electrons. The van der Waals surface area contributed by atoms with Crippen LogP contribution in [-0.4, -0.2) is 23.8 Å². The SMILES string of the molecule is CCCNC(C)(C#N)CCOc1cccc(CO)c1. The Bertz CT molecular complexity index is 428. The molecule has 1 rings (SSSR count). The van der Waals surface area contributed by atoms with Gasteiger partial charge in [0, 0.05) is 6.42 Å². The van der Waals surface area contributed by atoms with Crippen LogP contribution in [0.3, 0.4) is 0 Å². The average molecular weight is 262 g/mol. The molecule has 0 heterocycles. The number of nitrogens with zero attached hydrogens (tertiary/aromatic N) is 1. The Balaban J connectivity index is 2.45. The van der Waals surface area contributed by atoms with E-state index in [1.54, 1.807) is 0 Å². The summed E-state index contributed by atoms with van der Waals surface area (Å²) < 4.78 is 5.62. The number of hydrogen-bond donors (Lipinski definition) is 2. The molecule has 1 aromatic carbocycles. The van der Waals surface area contributed by atoms with Gasteiger partial charge in [-0.15, -0.1) is 0 Å². The molecule has 2 N–H and O–H groups in total. The summed E-state index contributed by atoms with van der Waals surface area (Å²) in [6.45, 7) is 5.25. The molecule has 1 atom stereocenters. The molecule has 0 spiro atoms. The van der Waals surface area contributed by atoms with E-state index < -0.39 is 5.54 Å². The minimum absolute atomic E-state index is 0.00513. The first-order chi connectivity index (χ1) is 9.13. The molecule has 0 radical (unpaired) electrons. The quantitative estimate of drug-likeness (QED) is 0.754. The molecule has 4 nitrogen and oxygen atoms in total. The number of aliphatic hydroxyl groups is 1. The fraction of sp³-hybridized carbons (Fsp3) is 0.533. The Kier molecular flexibility index (Phi) is 6.34. The smallest absolute Gasteiger partial charge is 0.119 e. The first-order valence-corrected chi connectivity index (χ1v) is 6.62. The van der Waals surface area contributed by atoms with E-state index in [1.165, 1.54) is 0 Å². The summed E-state index contributed by atoms with van der Waals surface area (Å²) in [5.74, 6) is 0.724. The summed E-state index contributed by atoms with van der Waals surface area (Å²) >= 11 is 0. The van der Waals surface area contributed by atoms with E-state index in [0.29, 0.717) is 13.0 Å². The molecule has 0 saturated carbocycles. The van der Waals surface area contributed by atoms with Crippen LogP contribution in [0.2, 0.25) is 0 Å². The van der Waals surface area contributed by atoms with E-state index in [9.17, 15) is 5.26 Å². The minimum atomic E-state index is -0.551. The van der Waals surface area contributed by atoms with Crippen LogP contribution in [-0.2, 0) is 6.61 Å². The number of rotatable bonds is 8. The van der Waals surface area contributed by atoms with Crippen molar-refractivity contribution in [3.05, 3.63) is 29.8 Å². The predicted octanol–water partition coefficient (Wildman–Crippen LogP) is 2.23. The van der Waals surface area contributed by atoms with Gasteiger partial charge in [-0.1, -0.05) is 19.1 Å². The number of nitrogens with one attached hydrogen (secondary N) is 1. The van der Waals surface area contributed by atoms with E-state index in [0.717, 1.165) is 24.3 Å². The summed E-state index contributed by atoms with van der Waals surface area (Å²) in [7, 11) is 0. The van der Waals surface area contributed by atoms with Gasteiger partial charge >= 0.3 is 0 Å². The summed E-state index contributed by atoms with van der Waals surface area (Å²) in [6, 6.07) is 9.64. The van der Waals surface area contributed by atoms with Crippen molar-refractivity contribution < 1.29 is 9.84 Å². The average Bonchev–Trinajstić information content (AvgIpc) is 2.45. The van der Waals surface area contributed by atoms with Gasteiger partial charge in [0.05, 0.1) is 19.3 Å². The van der Waals surface area contributed by atoms with Crippen LogP contribution in [0.25, 0.3) is 0 Å². The van der Waals surface area contributed by atoms with Crippen LogP contribution in [0.4, 0.5) is 0 Å². The van der Waals surface area contributed by atoms with Gasteiger partial charge in [-0.25, -0.2) is 0 Å². The molecule has 0 aliphatic heterocycles. The van der Waals surface area contributed by atoms with E-state index in [4.69, 9.17) is 9.84 Å². The summed E-state index contributed by atoms with van der Waals surface area (Å²) in [4.78, 5) is 0. The Morgan fingerprint density at radius 2 is 2.26 bits per heavy atom. The summed E-state index contributed by atoms with van der Waals surface area (Å²) in [5.41, 5.74) is 0.273. The zero-order chi connectivity index (χ0) is 14.1. The lowest BCUT2D eigenvalue weighted by Gasteiger charge is -2.23. The second kappa shape index (κ2) is 7.78. The first-order valence-electron chi connectivity index (χ1n) is 6.62. The largest absolute Gasteiger partial charge is 0.493 e. The zero-order valence-electron chi connectivity index (χ0n) is 11.6. The number of aliphatic hydroxyl groups excluding tert-OH is 1. The van der Waals surface area contributed by atoms with Crippen molar-refractivity contribution in [2.75, 3.05) is 13.2 Å². The maximum Gasteiger partial charge on any atom is 0.119 e. The Morgan fingerprint density at radius 3 is 2.89 bits per heavy atom. The molecule has 1 aromatic rings. The molecule has 0 aliphatic rings.